The van der Waals surface area contributed by atoms with Crippen molar-refractivity contribution in [1.29, 1.82) is 0 Å². The zero-order valence-electron chi connectivity index (χ0n) is 11.8. The van der Waals surface area contributed by atoms with Gasteiger partial charge in [0.1, 0.15) is 0 Å². The van der Waals surface area contributed by atoms with Crippen molar-refractivity contribution in [2.75, 3.05) is 44.2 Å². The van der Waals surface area contributed by atoms with Crippen molar-refractivity contribution >= 4 is 11.4 Å². The molecule has 1 heterocycles. The predicted octanol–water partition coefficient (Wildman–Crippen LogP) is 1.41. The summed E-state index contributed by atoms with van der Waals surface area (Å²) in [5.41, 5.74) is 1.91. The zero-order chi connectivity index (χ0) is 14.5. The van der Waals surface area contributed by atoms with Crippen LogP contribution < -0.4 is 4.90 Å². The molecule has 1 fully saturated rings. The van der Waals surface area contributed by atoms with Gasteiger partial charge < -0.3 is 10.0 Å². The van der Waals surface area contributed by atoms with Crippen LogP contribution in [-0.2, 0) is 0 Å². The average Bonchev–Trinajstić information content (AvgIpc) is 2.64. The largest absolute Gasteiger partial charge is 0.395 e. The normalized spacial score (nSPS) is 17.0. The molecule has 0 amide bonds. The molecular weight excluding hydrogens is 258 g/mol. The van der Waals surface area contributed by atoms with Crippen molar-refractivity contribution in [2.24, 2.45) is 0 Å². The highest BCUT2D eigenvalue weighted by Gasteiger charge is 2.17. The molecule has 1 aromatic carbocycles. The fourth-order valence-electron chi connectivity index (χ4n) is 2.64. The van der Waals surface area contributed by atoms with Crippen molar-refractivity contribution in [2.45, 2.75) is 13.3 Å². The van der Waals surface area contributed by atoms with E-state index in [1.807, 2.05) is 12.1 Å². The second-order valence-electron chi connectivity index (χ2n) is 5.13. The van der Waals surface area contributed by atoms with Crippen LogP contribution >= 0.6 is 0 Å². The number of rotatable bonds is 4. The minimum Gasteiger partial charge on any atom is -0.395 e. The average molecular weight is 279 g/mol. The Morgan fingerprint density at radius 3 is 2.75 bits per heavy atom. The molecule has 1 N–H and O–H groups in total. The number of anilines is 1. The van der Waals surface area contributed by atoms with Gasteiger partial charge in [0.05, 0.1) is 11.5 Å². The highest BCUT2D eigenvalue weighted by atomic mass is 16.6. The lowest BCUT2D eigenvalue weighted by Gasteiger charge is -2.23. The quantitative estimate of drug-likeness (QED) is 0.666. The monoisotopic (exact) mass is 279 g/mol. The van der Waals surface area contributed by atoms with Gasteiger partial charge >= 0.3 is 0 Å². The first-order chi connectivity index (χ1) is 9.61. The SMILES string of the molecule is Cc1cc(N2CCCN(CCO)CC2)ccc1[N+](=O)[O-]. The number of aliphatic hydroxyl groups is 1. The highest BCUT2D eigenvalue weighted by Crippen LogP contribution is 2.25. The lowest BCUT2D eigenvalue weighted by molar-refractivity contribution is -0.385. The fraction of sp³-hybridized carbons (Fsp3) is 0.571. The first kappa shape index (κ1) is 14.7. The highest BCUT2D eigenvalue weighted by molar-refractivity contribution is 5.55. The first-order valence-corrected chi connectivity index (χ1v) is 6.95. The lowest BCUT2D eigenvalue weighted by Crippen LogP contribution is -2.32. The van der Waals surface area contributed by atoms with Crippen molar-refractivity contribution in [3.8, 4) is 0 Å². The molecule has 0 spiro atoms. The molecule has 6 nitrogen and oxygen atoms in total. The third-order valence-electron chi connectivity index (χ3n) is 3.75. The minimum absolute atomic E-state index is 0.172. The van der Waals surface area contributed by atoms with Crippen LogP contribution in [-0.4, -0.2) is 54.3 Å². The van der Waals surface area contributed by atoms with Gasteiger partial charge in [-0.15, -0.1) is 0 Å². The van der Waals surface area contributed by atoms with Gasteiger partial charge in [-0.05, 0) is 32.0 Å². The van der Waals surface area contributed by atoms with E-state index in [2.05, 4.69) is 9.80 Å². The summed E-state index contributed by atoms with van der Waals surface area (Å²) in [4.78, 5) is 15.0. The maximum absolute atomic E-state index is 10.8. The second kappa shape index (κ2) is 6.67. The summed E-state index contributed by atoms with van der Waals surface area (Å²) in [5, 5.41) is 19.8. The molecule has 1 saturated heterocycles. The van der Waals surface area contributed by atoms with Crippen molar-refractivity contribution in [1.82, 2.24) is 4.90 Å². The summed E-state index contributed by atoms with van der Waals surface area (Å²) in [6.07, 6.45) is 1.04. The van der Waals surface area contributed by atoms with Gasteiger partial charge in [0.15, 0.2) is 0 Å². The maximum Gasteiger partial charge on any atom is 0.272 e. The topological polar surface area (TPSA) is 69.8 Å². The summed E-state index contributed by atoms with van der Waals surface area (Å²) in [5.74, 6) is 0. The van der Waals surface area contributed by atoms with E-state index in [1.54, 1.807) is 13.0 Å². The maximum atomic E-state index is 10.8. The Hall–Kier alpha value is -1.66. The van der Waals surface area contributed by atoms with Crippen LogP contribution in [0.25, 0.3) is 0 Å². The van der Waals surface area contributed by atoms with Gasteiger partial charge in [0.2, 0.25) is 0 Å². The molecular formula is C14H21N3O3. The molecule has 0 unspecified atom stereocenters. The lowest BCUT2D eigenvalue weighted by atomic mass is 10.1. The molecule has 0 bridgehead atoms. The molecule has 6 heteroatoms. The van der Waals surface area contributed by atoms with Gasteiger partial charge in [0.25, 0.3) is 5.69 Å². The van der Waals surface area contributed by atoms with Crippen molar-refractivity contribution < 1.29 is 10.0 Å². The molecule has 1 aromatic rings. The van der Waals surface area contributed by atoms with E-state index in [0.29, 0.717) is 12.1 Å². The third-order valence-corrected chi connectivity index (χ3v) is 3.75. The standard InChI is InChI=1S/C14H21N3O3/c1-12-11-13(3-4-14(12)17(19)20)16-6-2-5-15(7-8-16)9-10-18/h3-4,11,18H,2,5-10H2,1H3. The Labute approximate surface area is 118 Å². The van der Waals surface area contributed by atoms with E-state index in [0.717, 1.165) is 38.3 Å². The first-order valence-electron chi connectivity index (χ1n) is 6.95. The van der Waals surface area contributed by atoms with Crippen LogP contribution in [0.4, 0.5) is 11.4 Å². The van der Waals surface area contributed by atoms with Gasteiger partial charge in [-0.3, -0.25) is 15.0 Å². The van der Waals surface area contributed by atoms with E-state index < -0.39 is 0 Å². The van der Waals surface area contributed by atoms with E-state index in [9.17, 15) is 10.1 Å². The fourth-order valence-corrected chi connectivity index (χ4v) is 2.64. The molecule has 2 rings (SSSR count). The van der Waals surface area contributed by atoms with Crippen LogP contribution in [0.3, 0.4) is 0 Å². The Bertz CT molecular complexity index is 479. The zero-order valence-corrected chi connectivity index (χ0v) is 11.8. The molecule has 1 aliphatic rings. The molecule has 0 saturated carbocycles. The number of aryl methyl sites for hydroxylation is 1. The van der Waals surface area contributed by atoms with Crippen LogP contribution in [0.2, 0.25) is 0 Å². The second-order valence-corrected chi connectivity index (χ2v) is 5.13. The van der Waals surface area contributed by atoms with Crippen molar-refractivity contribution in [3.05, 3.63) is 33.9 Å². The van der Waals surface area contributed by atoms with Gasteiger partial charge in [-0.2, -0.15) is 0 Å². The van der Waals surface area contributed by atoms with E-state index in [1.165, 1.54) is 0 Å². The van der Waals surface area contributed by atoms with E-state index in [4.69, 9.17) is 5.11 Å². The Kier molecular flexibility index (Phi) is 4.92. The summed E-state index contributed by atoms with van der Waals surface area (Å²) in [7, 11) is 0. The van der Waals surface area contributed by atoms with Crippen LogP contribution in [0.1, 0.15) is 12.0 Å². The molecule has 20 heavy (non-hydrogen) atoms. The number of nitro groups is 1. The molecule has 0 radical (unpaired) electrons. The smallest absolute Gasteiger partial charge is 0.272 e. The summed E-state index contributed by atoms with van der Waals surface area (Å²) in [6, 6.07) is 5.30. The third kappa shape index (κ3) is 3.46. The number of nitrogens with zero attached hydrogens (tertiary/aromatic N) is 3. The van der Waals surface area contributed by atoms with Gasteiger partial charge in [0, 0.05) is 43.5 Å². The summed E-state index contributed by atoms with van der Waals surface area (Å²) < 4.78 is 0. The predicted molar refractivity (Wildman–Crippen MR) is 78.2 cm³/mol. The number of hydrogen-bond donors (Lipinski definition) is 1. The molecule has 110 valence electrons. The number of aliphatic hydroxyl groups excluding tert-OH is 1. The number of hydrogen-bond acceptors (Lipinski definition) is 5. The van der Waals surface area contributed by atoms with Crippen LogP contribution in [0.5, 0.6) is 0 Å². The Balaban J connectivity index is 2.08. The van der Waals surface area contributed by atoms with Gasteiger partial charge in [-0.25, -0.2) is 0 Å². The van der Waals surface area contributed by atoms with Crippen molar-refractivity contribution in [3.63, 3.8) is 0 Å². The van der Waals surface area contributed by atoms with E-state index >= 15 is 0 Å². The van der Waals surface area contributed by atoms with Gasteiger partial charge in [-0.1, -0.05) is 0 Å². The minimum atomic E-state index is -0.343. The number of β-amino-alcohol motifs (C(OH)–C–C–N with tert-alkyl or cyclic N) is 1. The summed E-state index contributed by atoms with van der Waals surface area (Å²) >= 11 is 0. The number of nitro benzene ring substituents is 1. The molecule has 0 aromatic heterocycles. The van der Waals surface area contributed by atoms with Crippen LogP contribution in [0.15, 0.2) is 18.2 Å². The summed E-state index contributed by atoms with van der Waals surface area (Å²) in [6.45, 7) is 6.41. The van der Waals surface area contributed by atoms with Crippen LogP contribution in [0, 0.1) is 17.0 Å². The molecule has 1 aliphatic heterocycles. The Morgan fingerprint density at radius 2 is 2.10 bits per heavy atom. The van der Waals surface area contributed by atoms with E-state index in [-0.39, 0.29) is 17.2 Å². The number of benzene rings is 1. The molecule has 0 aliphatic carbocycles. The molecule has 0 atom stereocenters. The Morgan fingerprint density at radius 1 is 1.30 bits per heavy atom.